The van der Waals surface area contributed by atoms with E-state index in [2.05, 4.69) is 114 Å². The zero-order chi connectivity index (χ0) is 27.6. The molecule has 0 aliphatic rings. The van der Waals surface area contributed by atoms with Crippen molar-refractivity contribution in [2.24, 2.45) is 0 Å². The molecule has 0 saturated carbocycles. The largest absolute Gasteiger partial charge is 0.322 e. The van der Waals surface area contributed by atoms with Crippen molar-refractivity contribution in [2.45, 2.75) is 65.6 Å². The van der Waals surface area contributed by atoms with Gasteiger partial charge in [-0.3, -0.25) is 9.69 Å². The second kappa shape index (κ2) is 11.2. The van der Waals surface area contributed by atoms with Gasteiger partial charge in [-0.15, -0.1) is 16.4 Å². The van der Waals surface area contributed by atoms with E-state index in [-0.39, 0.29) is 11.1 Å². The summed E-state index contributed by atoms with van der Waals surface area (Å²) in [6.45, 7) is 12.0. The number of rotatable bonds is 10. The van der Waals surface area contributed by atoms with E-state index in [1.807, 2.05) is 16.8 Å². The molecule has 0 unspecified atom stereocenters. The summed E-state index contributed by atoms with van der Waals surface area (Å²) in [7, 11) is 0. The highest BCUT2D eigenvalue weighted by atomic mass is 32.1. The molecule has 3 heterocycles. The molecule has 0 fully saturated rings. The molecule has 39 heavy (non-hydrogen) atoms. The van der Waals surface area contributed by atoms with Crippen LogP contribution in [0.2, 0.25) is 0 Å². The topological polar surface area (TPSA) is 79.7 Å². The van der Waals surface area contributed by atoms with Crippen molar-refractivity contribution in [3.05, 3.63) is 109 Å². The van der Waals surface area contributed by atoms with Crippen LogP contribution in [0.3, 0.4) is 0 Å². The first-order valence-electron chi connectivity index (χ1n) is 13.5. The van der Waals surface area contributed by atoms with Crippen LogP contribution < -0.4 is 5.56 Å². The standard InChI is InChI=1S/C31H36N6OS/c1-6-31(4,5)37-29(33-34-35-37)28(26-19-25-22(3)17-21(2)18-27(25)32-30(26)38)36(20-24-13-10-16-39-24)15-14-23-11-8-7-9-12-23/h7-13,16-19,28H,6,14-15,20H2,1-5H3,(H,32,38)/t28-/m0/s1. The van der Waals surface area contributed by atoms with Gasteiger partial charge in [0.05, 0.1) is 5.54 Å². The Balaban J connectivity index is 1.70. The number of benzene rings is 2. The van der Waals surface area contributed by atoms with Crippen LogP contribution in [0.4, 0.5) is 0 Å². The van der Waals surface area contributed by atoms with Gasteiger partial charge in [0.15, 0.2) is 5.82 Å². The third-order valence-electron chi connectivity index (χ3n) is 7.65. The summed E-state index contributed by atoms with van der Waals surface area (Å²) in [6, 6.07) is 20.5. The molecule has 0 amide bonds. The van der Waals surface area contributed by atoms with Crippen LogP contribution >= 0.6 is 11.3 Å². The van der Waals surface area contributed by atoms with Gasteiger partial charge in [0.2, 0.25) is 0 Å². The number of thiophene rings is 1. The van der Waals surface area contributed by atoms with Crippen molar-refractivity contribution >= 4 is 22.2 Å². The van der Waals surface area contributed by atoms with Gasteiger partial charge in [0.25, 0.3) is 5.56 Å². The molecule has 5 rings (SSSR count). The minimum atomic E-state index is -0.439. The van der Waals surface area contributed by atoms with E-state index in [4.69, 9.17) is 0 Å². The van der Waals surface area contributed by atoms with Crippen LogP contribution in [-0.2, 0) is 18.5 Å². The number of H-pyrrole nitrogens is 1. The number of hydrogen-bond donors (Lipinski definition) is 1. The summed E-state index contributed by atoms with van der Waals surface area (Å²) in [4.78, 5) is 20.6. The van der Waals surface area contributed by atoms with Gasteiger partial charge < -0.3 is 4.98 Å². The molecule has 5 aromatic rings. The minimum absolute atomic E-state index is 0.114. The Kier molecular flexibility index (Phi) is 7.77. The molecule has 0 aliphatic heterocycles. The Morgan fingerprint density at radius 3 is 2.59 bits per heavy atom. The summed E-state index contributed by atoms with van der Waals surface area (Å²) in [5.41, 5.74) is 4.57. The van der Waals surface area contributed by atoms with Crippen molar-refractivity contribution in [3.63, 3.8) is 0 Å². The lowest BCUT2D eigenvalue weighted by Gasteiger charge is -2.33. The van der Waals surface area contributed by atoms with E-state index >= 15 is 0 Å². The molecule has 202 valence electrons. The van der Waals surface area contributed by atoms with Crippen molar-refractivity contribution < 1.29 is 0 Å². The van der Waals surface area contributed by atoms with Gasteiger partial charge in [-0.25, -0.2) is 4.68 Å². The lowest BCUT2D eigenvalue weighted by atomic mass is 9.97. The summed E-state index contributed by atoms with van der Waals surface area (Å²) in [6.07, 6.45) is 1.68. The average molecular weight is 541 g/mol. The van der Waals surface area contributed by atoms with E-state index in [0.717, 1.165) is 41.4 Å². The second-order valence-electron chi connectivity index (χ2n) is 10.9. The van der Waals surface area contributed by atoms with Crippen molar-refractivity contribution in [1.82, 2.24) is 30.1 Å². The van der Waals surface area contributed by atoms with Gasteiger partial charge in [-0.05, 0) is 91.2 Å². The van der Waals surface area contributed by atoms with E-state index in [0.29, 0.717) is 17.9 Å². The maximum absolute atomic E-state index is 13.8. The molecular formula is C31H36N6OS. The summed E-state index contributed by atoms with van der Waals surface area (Å²) >= 11 is 1.72. The van der Waals surface area contributed by atoms with Crippen LogP contribution in [0.5, 0.6) is 0 Å². The summed E-state index contributed by atoms with van der Waals surface area (Å²) in [5.74, 6) is 0.682. The van der Waals surface area contributed by atoms with Gasteiger partial charge in [-0.1, -0.05) is 49.4 Å². The van der Waals surface area contributed by atoms with Crippen LogP contribution in [0.1, 0.15) is 66.2 Å². The van der Waals surface area contributed by atoms with E-state index in [1.54, 1.807) is 11.3 Å². The van der Waals surface area contributed by atoms with Gasteiger partial charge in [0.1, 0.15) is 6.04 Å². The molecule has 2 aromatic carbocycles. The van der Waals surface area contributed by atoms with Crippen LogP contribution in [-0.4, -0.2) is 36.6 Å². The predicted molar refractivity (Wildman–Crippen MR) is 158 cm³/mol. The number of fused-ring (bicyclic) bond motifs is 1. The van der Waals surface area contributed by atoms with Gasteiger partial charge in [0, 0.05) is 34.4 Å². The van der Waals surface area contributed by atoms with E-state index in [1.165, 1.54) is 10.4 Å². The minimum Gasteiger partial charge on any atom is -0.322 e. The Labute approximate surface area is 233 Å². The van der Waals surface area contributed by atoms with Crippen LogP contribution in [0.25, 0.3) is 10.9 Å². The monoisotopic (exact) mass is 540 g/mol. The number of hydrogen-bond acceptors (Lipinski definition) is 6. The number of aryl methyl sites for hydroxylation is 2. The fourth-order valence-electron chi connectivity index (χ4n) is 5.16. The van der Waals surface area contributed by atoms with Crippen LogP contribution in [0.15, 0.2) is 70.8 Å². The molecule has 3 aromatic heterocycles. The Morgan fingerprint density at radius 1 is 1.08 bits per heavy atom. The van der Waals surface area contributed by atoms with Crippen LogP contribution in [0, 0.1) is 13.8 Å². The van der Waals surface area contributed by atoms with Crippen molar-refractivity contribution in [2.75, 3.05) is 6.54 Å². The molecule has 7 nitrogen and oxygen atoms in total. The van der Waals surface area contributed by atoms with E-state index < -0.39 is 6.04 Å². The highest BCUT2D eigenvalue weighted by molar-refractivity contribution is 7.09. The van der Waals surface area contributed by atoms with Crippen molar-refractivity contribution in [3.8, 4) is 0 Å². The first-order valence-corrected chi connectivity index (χ1v) is 14.4. The Bertz CT molecular complexity index is 1600. The van der Waals surface area contributed by atoms with Gasteiger partial charge in [-0.2, -0.15) is 0 Å². The average Bonchev–Trinajstić information content (AvgIpc) is 3.61. The quantitative estimate of drug-likeness (QED) is 0.229. The van der Waals surface area contributed by atoms with Gasteiger partial charge >= 0.3 is 0 Å². The Morgan fingerprint density at radius 2 is 1.87 bits per heavy atom. The molecule has 0 spiro atoms. The molecule has 0 saturated heterocycles. The molecule has 0 aliphatic carbocycles. The second-order valence-corrected chi connectivity index (χ2v) is 11.9. The highest BCUT2D eigenvalue weighted by Crippen LogP contribution is 2.33. The molecule has 1 N–H and O–H groups in total. The third-order valence-corrected chi connectivity index (χ3v) is 8.51. The molecule has 0 radical (unpaired) electrons. The fraction of sp³-hybridized carbons (Fsp3) is 0.355. The first-order chi connectivity index (χ1) is 18.8. The lowest BCUT2D eigenvalue weighted by Crippen LogP contribution is -2.39. The van der Waals surface area contributed by atoms with E-state index in [9.17, 15) is 4.79 Å². The normalized spacial score (nSPS) is 12.9. The zero-order valence-corrected chi connectivity index (χ0v) is 24.1. The smallest absolute Gasteiger partial charge is 0.253 e. The SMILES string of the molecule is CCC(C)(C)n1nnnc1[C@H](c1cc2c(C)cc(C)cc2[nH]c1=O)N(CCc1ccccc1)Cc1cccs1. The predicted octanol–water partition coefficient (Wildman–Crippen LogP) is 6.17. The number of nitrogens with one attached hydrogen (secondary N) is 1. The number of aromatic nitrogens is 5. The summed E-state index contributed by atoms with van der Waals surface area (Å²) in [5, 5.41) is 16.3. The maximum atomic E-state index is 13.8. The molecular weight excluding hydrogens is 504 g/mol. The number of nitrogens with zero attached hydrogens (tertiary/aromatic N) is 5. The fourth-order valence-corrected chi connectivity index (χ4v) is 5.89. The zero-order valence-electron chi connectivity index (χ0n) is 23.3. The maximum Gasteiger partial charge on any atom is 0.253 e. The molecule has 8 heteroatoms. The highest BCUT2D eigenvalue weighted by Gasteiger charge is 2.34. The van der Waals surface area contributed by atoms with Crippen molar-refractivity contribution in [1.29, 1.82) is 0 Å². The third kappa shape index (κ3) is 5.72. The number of aromatic amines is 1. The Hall–Kier alpha value is -3.62. The molecule has 1 atom stereocenters. The lowest BCUT2D eigenvalue weighted by molar-refractivity contribution is 0.191. The number of pyridine rings is 1. The summed E-state index contributed by atoms with van der Waals surface area (Å²) < 4.78 is 1.91. The molecule has 0 bridgehead atoms. The first kappa shape index (κ1) is 27.0. The number of tetrazole rings is 1.